The molecule has 2 aromatic rings. The number of benzene rings is 1. The van der Waals surface area contributed by atoms with Gasteiger partial charge in [0.2, 0.25) is 11.8 Å². The Balaban J connectivity index is 1.90. The van der Waals surface area contributed by atoms with Crippen molar-refractivity contribution in [2.24, 2.45) is 0 Å². The molecular weight excluding hydrogens is 389 g/mol. The summed E-state index contributed by atoms with van der Waals surface area (Å²) in [6, 6.07) is 5.21. The van der Waals surface area contributed by atoms with Crippen molar-refractivity contribution in [3.05, 3.63) is 39.3 Å². The number of carbonyl (C=O) groups is 3. The van der Waals surface area contributed by atoms with E-state index in [2.05, 4.69) is 15.6 Å². The fourth-order valence-corrected chi connectivity index (χ4v) is 3.12. The van der Waals surface area contributed by atoms with E-state index in [-0.39, 0.29) is 13.0 Å². The minimum atomic E-state index is -1.16. The van der Waals surface area contributed by atoms with Gasteiger partial charge in [-0.25, -0.2) is 4.98 Å². The highest BCUT2D eigenvalue weighted by atomic mass is 35.5. The first-order valence-electron chi connectivity index (χ1n) is 7.00. The van der Waals surface area contributed by atoms with Crippen LogP contribution in [0.1, 0.15) is 5.69 Å². The largest absolute Gasteiger partial charge is 0.480 e. The zero-order valence-corrected chi connectivity index (χ0v) is 15.0. The van der Waals surface area contributed by atoms with Crippen molar-refractivity contribution in [2.75, 3.05) is 13.1 Å². The molecule has 0 saturated heterocycles. The molecule has 0 unspecified atom stereocenters. The number of carboxylic acids is 1. The number of hydrogen-bond acceptors (Lipinski definition) is 5. The van der Waals surface area contributed by atoms with Gasteiger partial charge < -0.3 is 15.7 Å². The Hall–Kier alpha value is -2.16. The summed E-state index contributed by atoms with van der Waals surface area (Å²) in [5.41, 5.74) is 1.21. The van der Waals surface area contributed by atoms with Crippen molar-refractivity contribution < 1.29 is 19.5 Å². The van der Waals surface area contributed by atoms with E-state index in [9.17, 15) is 14.4 Å². The summed E-state index contributed by atoms with van der Waals surface area (Å²) < 4.78 is 0. The van der Waals surface area contributed by atoms with E-state index >= 15 is 0 Å². The summed E-state index contributed by atoms with van der Waals surface area (Å²) >= 11 is 13.5. The summed E-state index contributed by atoms with van der Waals surface area (Å²) in [6.07, 6.45) is -0.0130. The molecule has 1 aromatic heterocycles. The molecule has 0 atom stereocenters. The molecule has 25 heavy (non-hydrogen) atoms. The Morgan fingerprint density at radius 3 is 2.56 bits per heavy atom. The Morgan fingerprint density at radius 1 is 1.12 bits per heavy atom. The average molecular weight is 402 g/mol. The summed E-state index contributed by atoms with van der Waals surface area (Å²) in [4.78, 5) is 37.8. The van der Waals surface area contributed by atoms with E-state index in [0.717, 1.165) is 0 Å². The predicted octanol–water partition coefficient (Wildman–Crippen LogP) is 1.98. The molecule has 2 rings (SSSR count). The first-order chi connectivity index (χ1) is 11.9. The first kappa shape index (κ1) is 19.2. The van der Waals surface area contributed by atoms with Gasteiger partial charge in [0.05, 0.1) is 28.7 Å². The van der Waals surface area contributed by atoms with E-state index in [4.69, 9.17) is 28.3 Å². The van der Waals surface area contributed by atoms with Crippen molar-refractivity contribution in [1.29, 1.82) is 0 Å². The molecule has 0 fully saturated rings. The number of thiazole rings is 1. The third kappa shape index (κ3) is 5.70. The molecule has 1 heterocycles. The van der Waals surface area contributed by atoms with E-state index in [1.54, 1.807) is 23.6 Å². The fraction of sp³-hybridized carbons (Fsp3) is 0.200. The van der Waals surface area contributed by atoms with Crippen molar-refractivity contribution in [3.8, 4) is 10.6 Å². The molecule has 0 spiro atoms. The molecule has 132 valence electrons. The molecule has 0 aliphatic rings. The van der Waals surface area contributed by atoms with Crippen LogP contribution in [0.4, 0.5) is 0 Å². The highest BCUT2D eigenvalue weighted by Gasteiger charge is 2.13. The van der Waals surface area contributed by atoms with Crippen molar-refractivity contribution in [2.45, 2.75) is 6.42 Å². The highest BCUT2D eigenvalue weighted by Crippen LogP contribution is 2.34. The van der Waals surface area contributed by atoms with Crippen LogP contribution >= 0.6 is 34.5 Å². The van der Waals surface area contributed by atoms with E-state index in [1.165, 1.54) is 11.3 Å². The van der Waals surface area contributed by atoms with Gasteiger partial charge in [0.25, 0.3) is 0 Å². The van der Waals surface area contributed by atoms with E-state index in [0.29, 0.717) is 26.3 Å². The van der Waals surface area contributed by atoms with Crippen molar-refractivity contribution in [3.63, 3.8) is 0 Å². The van der Waals surface area contributed by atoms with Crippen LogP contribution in [-0.2, 0) is 20.8 Å². The maximum absolute atomic E-state index is 11.8. The van der Waals surface area contributed by atoms with Gasteiger partial charge in [-0.3, -0.25) is 14.4 Å². The summed E-state index contributed by atoms with van der Waals surface area (Å²) in [7, 11) is 0. The number of amides is 2. The van der Waals surface area contributed by atoms with Crippen LogP contribution in [0.3, 0.4) is 0 Å². The number of carboxylic acid groups (broad SMARTS) is 1. The second-order valence-electron chi connectivity index (χ2n) is 4.87. The van der Waals surface area contributed by atoms with E-state index < -0.39 is 24.3 Å². The van der Waals surface area contributed by atoms with Crippen molar-refractivity contribution in [1.82, 2.24) is 15.6 Å². The SMILES string of the molecule is O=C(O)CNC(=O)CNC(=O)Cc1csc(-c2cccc(Cl)c2Cl)n1. The molecule has 7 nitrogen and oxygen atoms in total. The van der Waals surface area contributed by atoms with Crippen LogP contribution in [0.25, 0.3) is 10.6 Å². The summed E-state index contributed by atoms with van der Waals surface area (Å²) in [5, 5.41) is 16.1. The van der Waals surface area contributed by atoms with Gasteiger partial charge >= 0.3 is 5.97 Å². The predicted molar refractivity (Wildman–Crippen MR) is 94.9 cm³/mol. The lowest BCUT2D eigenvalue weighted by atomic mass is 10.2. The molecule has 0 aliphatic carbocycles. The van der Waals surface area contributed by atoms with Gasteiger partial charge in [-0.2, -0.15) is 0 Å². The average Bonchev–Trinajstić information content (AvgIpc) is 3.01. The third-order valence-corrected chi connectivity index (χ3v) is 4.70. The zero-order chi connectivity index (χ0) is 18.4. The lowest BCUT2D eigenvalue weighted by Gasteiger charge is -2.04. The van der Waals surface area contributed by atoms with Gasteiger partial charge in [0, 0.05) is 10.9 Å². The lowest BCUT2D eigenvalue weighted by molar-refractivity contribution is -0.137. The molecule has 0 aliphatic heterocycles. The van der Waals surface area contributed by atoms with Crippen LogP contribution in [0.2, 0.25) is 10.0 Å². The Labute approximate surface area is 157 Å². The van der Waals surface area contributed by atoms with E-state index in [1.807, 2.05) is 0 Å². The smallest absolute Gasteiger partial charge is 0.322 e. The topological polar surface area (TPSA) is 108 Å². The lowest BCUT2D eigenvalue weighted by Crippen LogP contribution is -2.39. The van der Waals surface area contributed by atoms with Crippen LogP contribution in [0.5, 0.6) is 0 Å². The van der Waals surface area contributed by atoms with Gasteiger partial charge in [0.1, 0.15) is 11.6 Å². The normalized spacial score (nSPS) is 10.3. The molecule has 2 amide bonds. The Bertz CT molecular complexity index is 810. The molecule has 0 radical (unpaired) electrons. The molecule has 0 saturated carbocycles. The minimum absolute atomic E-state index is 0.0130. The van der Waals surface area contributed by atoms with Crippen LogP contribution in [0, 0.1) is 0 Å². The number of hydrogen-bond donors (Lipinski definition) is 3. The molecule has 0 bridgehead atoms. The number of aliphatic carboxylic acids is 1. The van der Waals surface area contributed by atoms with Crippen LogP contribution in [-0.4, -0.2) is 41.0 Å². The second-order valence-corrected chi connectivity index (χ2v) is 6.51. The summed E-state index contributed by atoms with van der Waals surface area (Å²) in [6.45, 7) is -0.798. The van der Waals surface area contributed by atoms with Crippen LogP contribution < -0.4 is 10.6 Å². The van der Waals surface area contributed by atoms with Crippen LogP contribution in [0.15, 0.2) is 23.6 Å². The molecule has 1 aromatic carbocycles. The number of aromatic nitrogens is 1. The van der Waals surface area contributed by atoms with Gasteiger partial charge in [-0.15, -0.1) is 11.3 Å². The zero-order valence-electron chi connectivity index (χ0n) is 12.7. The molecular formula is C15H13Cl2N3O4S. The Kier molecular flexibility index (Phi) is 6.74. The van der Waals surface area contributed by atoms with Gasteiger partial charge in [-0.1, -0.05) is 35.3 Å². The number of nitrogens with zero attached hydrogens (tertiary/aromatic N) is 1. The summed E-state index contributed by atoms with van der Waals surface area (Å²) in [5.74, 6) is -2.14. The third-order valence-electron chi connectivity index (χ3n) is 2.96. The number of halogens is 2. The molecule has 3 N–H and O–H groups in total. The van der Waals surface area contributed by atoms with Gasteiger partial charge in [0.15, 0.2) is 0 Å². The maximum Gasteiger partial charge on any atom is 0.322 e. The minimum Gasteiger partial charge on any atom is -0.480 e. The fourth-order valence-electron chi connectivity index (χ4n) is 1.82. The Morgan fingerprint density at radius 2 is 1.84 bits per heavy atom. The molecule has 10 heteroatoms. The first-order valence-corrected chi connectivity index (χ1v) is 8.64. The quantitative estimate of drug-likeness (QED) is 0.656. The number of carbonyl (C=O) groups excluding carboxylic acids is 2. The maximum atomic E-state index is 11.8. The van der Waals surface area contributed by atoms with Crippen molar-refractivity contribution >= 4 is 52.3 Å². The number of nitrogens with one attached hydrogen (secondary N) is 2. The standard InChI is InChI=1S/C15H13Cl2N3O4S/c16-10-3-1-2-9(14(10)17)15-20-8(7-25-15)4-11(21)18-5-12(22)19-6-13(23)24/h1-3,7H,4-6H2,(H,18,21)(H,19,22)(H,23,24). The second kappa shape index (κ2) is 8.80. The number of rotatable bonds is 7. The highest BCUT2D eigenvalue weighted by molar-refractivity contribution is 7.13. The monoisotopic (exact) mass is 401 g/mol. The van der Waals surface area contributed by atoms with Gasteiger partial charge in [-0.05, 0) is 6.07 Å².